The number of aromatic nitrogens is 1. The van der Waals surface area contributed by atoms with Crippen LogP contribution < -0.4 is 0 Å². The molecule has 0 saturated heterocycles. The molecular formula is C10H13NO2S2. The van der Waals surface area contributed by atoms with Crippen LogP contribution in [0.2, 0.25) is 0 Å². The van der Waals surface area contributed by atoms with Crippen LogP contribution in [0.3, 0.4) is 0 Å². The monoisotopic (exact) mass is 243 g/mol. The van der Waals surface area contributed by atoms with Gasteiger partial charge in [-0.05, 0) is 20.3 Å². The zero-order valence-electron chi connectivity index (χ0n) is 8.74. The van der Waals surface area contributed by atoms with Crippen LogP contribution in [-0.2, 0) is 0 Å². The third-order valence-corrected chi connectivity index (χ3v) is 4.02. The predicted molar refractivity (Wildman–Crippen MR) is 64.0 cm³/mol. The summed E-state index contributed by atoms with van der Waals surface area (Å²) >= 11 is 2.83. The van der Waals surface area contributed by atoms with E-state index in [4.69, 9.17) is 5.11 Å². The first-order valence-electron chi connectivity index (χ1n) is 4.48. The van der Waals surface area contributed by atoms with Crippen LogP contribution in [0.5, 0.6) is 0 Å². The van der Waals surface area contributed by atoms with Gasteiger partial charge in [0.05, 0.1) is 5.69 Å². The number of allylic oxidation sites excluding steroid dienone is 1. The lowest BCUT2D eigenvalue weighted by molar-refractivity contribution is 0.0701. The van der Waals surface area contributed by atoms with Crippen molar-refractivity contribution in [3.63, 3.8) is 0 Å². The van der Waals surface area contributed by atoms with Crippen LogP contribution in [-0.4, -0.2) is 21.8 Å². The van der Waals surface area contributed by atoms with Crippen LogP contribution in [0.1, 0.15) is 28.7 Å². The summed E-state index contributed by atoms with van der Waals surface area (Å²) in [5, 5.41) is 8.84. The van der Waals surface area contributed by atoms with Crippen molar-refractivity contribution < 1.29 is 9.90 Å². The Morgan fingerprint density at radius 2 is 2.33 bits per heavy atom. The molecule has 1 aromatic rings. The summed E-state index contributed by atoms with van der Waals surface area (Å²) < 4.78 is 0.825. The summed E-state index contributed by atoms with van der Waals surface area (Å²) in [7, 11) is 0. The number of thiazole rings is 1. The van der Waals surface area contributed by atoms with Crippen molar-refractivity contribution >= 4 is 29.1 Å². The average Bonchev–Trinajstić information content (AvgIpc) is 2.46. The first-order chi connectivity index (χ1) is 7.00. The standard InChI is InChI=1S/C10H13NO2S2/c1-6(2)4-5-14-10-11-7(3)8(15-10)9(12)13/h1,4-5H2,2-3H3,(H,12,13). The van der Waals surface area contributed by atoms with Crippen LogP contribution in [0.15, 0.2) is 16.5 Å². The fraction of sp³-hybridized carbons (Fsp3) is 0.400. The Balaban J connectivity index is 2.59. The van der Waals surface area contributed by atoms with Crippen molar-refractivity contribution in [2.45, 2.75) is 24.6 Å². The highest BCUT2D eigenvalue weighted by Crippen LogP contribution is 2.27. The maximum Gasteiger partial charge on any atom is 0.347 e. The van der Waals surface area contributed by atoms with E-state index in [1.165, 1.54) is 11.3 Å². The summed E-state index contributed by atoms with van der Waals surface area (Å²) in [4.78, 5) is 15.3. The highest BCUT2D eigenvalue weighted by atomic mass is 32.2. The Hall–Kier alpha value is -0.810. The third kappa shape index (κ3) is 3.68. The zero-order chi connectivity index (χ0) is 11.4. The van der Waals surface area contributed by atoms with E-state index in [1.807, 2.05) is 6.92 Å². The number of carbonyl (C=O) groups is 1. The first-order valence-corrected chi connectivity index (χ1v) is 6.29. The summed E-state index contributed by atoms with van der Waals surface area (Å²) in [5.41, 5.74) is 1.74. The van der Waals surface area contributed by atoms with Gasteiger partial charge in [-0.15, -0.1) is 17.9 Å². The van der Waals surface area contributed by atoms with Crippen LogP contribution in [0, 0.1) is 6.92 Å². The minimum absolute atomic E-state index is 0.341. The van der Waals surface area contributed by atoms with E-state index in [2.05, 4.69) is 11.6 Å². The molecule has 0 bridgehead atoms. The molecule has 3 nitrogen and oxygen atoms in total. The molecule has 0 aliphatic carbocycles. The largest absolute Gasteiger partial charge is 0.477 e. The van der Waals surface area contributed by atoms with Gasteiger partial charge in [0.2, 0.25) is 0 Å². The van der Waals surface area contributed by atoms with Crippen LogP contribution in [0.4, 0.5) is 0 Å². The normalized spacial score (nSPS) is 10.3. The Morgan fingerprint density at radius 1 is 1.67 bits per heavy atom. The molecule has 0 radical (unpaired) electrons. The molecule has 0 aliphatic heterocycles. The SMILES string of the molecule is C=C(C)CCSc1nc(C)c(C(=O)O)s1. The number of carboxylic acids is 1. The van der Waals surface area contributed by atoms with E-state index in [-0.39, 0.29) is 0 Å². The molecule has 1 N–H and O–H groups in total. The van der Waals surface area contributed by atoms with Gasteiger partial charge < -0.3 is 5.11 Å². The molecule has 0 aromatic carbocycles. The van der Waals surface area contributed by atoms with E-state index in [1.54, 1.807) is 18.7 Å². The van der Waals surface area contributed by atoms with E-state index in [9.17, 15) is 4.79 Å². The molecule has 15 heavy (non-hydrogen) atoms. The van der Waals surface area contributed by atoms with Gasteiger partial charge in [0.25, 0.3) is 0 Å². The summed E-state index contributed by atoms with van der Waals surface area (Å²) in [5.74, 6) is 0.0122. The zero-order valence-corrected chi connectivity index (χ0v) is 10.4. The quantitative estimate of drug-likeness (QED) is 0.637. The number of carboxylic acid groups (broad SMARTS) is 1. The van der Waals surface area contributed by atoms with Crippen molar-refractivity contribution in [2.75, 3.05) is 5.75 Å². The molecule has 1 rings (SSSR count). The Bertz CT molecular complexity index is 385. The molecule has 1 aromatic heterocycles. The smallest absolute Gasteiger partial charge is 0.347 e. The van der Waals surface area contributed by atoms with Gasteiger partial charge in [-0.3, -0.25) is 0 Å². The van der Waals surface area contributed by atoms with Gasteiger partial charge in [0.1, 0.15) is 4.88 Å². The van der Waals surface area contributed by atoms with Gasteiger partial charge in [-0.25, -0.2) is 9.78 Å². The first kappa shape index (κ1) is 12.3. The number of hydrogen-bond donors (Lipinski definition) is 1. The molecule has 1 heterocycles. The van der Waals surface area contributed by atoms with Crippen molar-refractivity contribution in [1.82, 2.24) is 4.98 Å². The molecule has 5 heteroatoms. The molecule has 0 fully saturated rings. The Kier molecular flexibility index (Phi) is 4.35. The maximum atomic E-state index is 10.8. The number of aromatic carboxylic acids is 1. The Morgan fingerprint density at radius 3 is 2.80 bits per heavy atom. The van der Waals surface area contributed by atoms with E-state index < -0.39 is 5.97 Å². The van der Waals surface area contributed by atoms with Crippen molar-refractivity contribution in [3.05, 3.63) is 22.7 Å². The third-order valence-electron chi connectivity index (χ3n) is 1.73. The number of thioether (sulfide) groups is 1. The molecule has 0 atom stereocenters. The van der Waals surface area contributed by atoms with Crippen LogP contribution in [0.25, 0.3) is 0 Å². The lowest BCUT2D eigenvalue weighted by Crippen LogP contribution is -1.94. The number of hydrogen-bond acceptors (Lipinski definition) is 4. The molecule has 0 unspecified atom stereocenters. The summed E-state index contributed by atoms with van der Waals surface area (Å²) in [6.45, 7) is 7.52. The molecule has 0 aliphatic rings. The van der Waals surface area contributed by atoms with E-state index in [0.717, 1.165) is 22.1 Å². The lowest BCUT2D eigenvalue weighted by atomic mass is 10.3. The number of aryl methyl sites for hydroxylation is 1. The second-order valence-electron chi connectivity index (χ2n) is 3.26. The van der Waals surface area contributed by atoms with Gasteiger partial charge in [-0.2, -0.15) is 0 Å². The molecule has 0 spiro atoms. The van der Waals surface area contributed by atoms with Crippen molar-refractivity contribution in [3.8, 4) is 0 Å². The molecule has 0 amide bonds. The van der Waals surface area contributed by atoms with Gasteiger partial charge in [0, 0.05) is 5.75 Å². The second kappa shape index (κ2) is 5.32. The minimum atomic E-state index is -0.892. The van der Waals surface area contributed by atoms with Gasteiger partial charge >= 0.3 is 5.97 Å². The van der Waals surface area contributed by atoms with Gasteiger partial charge in [-0.1, -0.05) is 17.3 Å². The fourth-order valence-electron chi connectivity index (χ4n) is 0.944. The second-order valence-corrected chi connectivity index (χ2v) is 5.60. The number of nitrogens with zero attached hydrogens (tertiary/aromatic N) is 1. The molecular weight excluding hydrogens is 230 g/mol. The number of rotatable bonds is 5. The summed E-state index contributed by atoms with van der Waals surface area (Å²) in [6.07, 6.45) is 0.936. The average molecular weight is 243 g/mol. The van der Waals surface area contributed by atoms with E-state index >= 15 is 0 Å². The van der Waals surface area contributed by atoms with Crippen molar-refractivity contribution in [2.24, 2.45) is 0 Å². The highest BCUT2D eigenvalue weighted by Gasteiger charge is 2.13. The Labute approximate surface area is 97.2 Å². The van der Waals surface area contributed by atoms with Crippen molar-refractivity contribution in [1.29, 1.82) is 0 Å². The van der Waals surface area contributed by atoms with Crippen LogP contribution >= 0.6 is 23.1 Å². The predicted octanol–water partition coefficient (Wildman–Crippen LogP) is 3.21. The molecule has 82 valence electrons. The van der Waals surface area contributed by atoms with E-state index in [0.29, 0.717) is 10.6 Å². The topological polar surface area (TPSA) is 50.2 Å². The van der Waals surface area contributed by atoms with Gasteiger partial charge in [0.15, 0.2) is 4.34 Å². The molecule has 0 saturated carbocycles. The lowest BCUT2D eigenvalue weighted by Gasteiger charge is -1.95. The summed E-state index contributed by atoms with van der Waals surface area (Å²) in [6, 6.07) is 0. The maximum absolute atomic E-state index is 10.8. The highest BCUT2D eigenvalue weighted by molar-refractivity contribution is 8.01. The minimum Gasteiger partial charge on any atom is -0.477 e. The fourth-order valence-corrected chi connectivity index (χ4v) is 3.14.